The van der Waals surface area contributed by atoms with Crippen molar-refractivity contribution >= 4 is 51.3 Å². The first-order chi connectivity index (χ1) is 11.4. The maximum Gasteiger partial charge on any atom is 0.238 e. The molecule has 4 N–H and O–H groups in total. The van der Waals surface area contributed by atoms with Crippen LogP contribution in [0.2, 0.25) is 0 Å². The van der Waals surface area contributed by atoms with E-state index in [1.165, 1.54) is 17.0 Å². The number of primary sulfonamides is 1. The highest BCUT2D eigenvalue weighted by molar-refractivity contribution is 14.0. The summed E-state index contributed by atoms with van der Waals surface area (Å²) in [5.74, 6) is 0.681. The molecule has 0 unspecified atom stereocenters. The molecule has 2 rings (SSSR count). The Morgan fingerprint density at radius 2 is 1.96 bits per heavy atom. The number of aliphatic imine (C=N–C) groups is 1. The molecule has 0 spiro atoms. The van der Waals surface area contributed by atoms with Gasteiger partial charge in [0.05, 0.1) is 18.0 Å². The Labute approximate surface area is 169 Å². The number of hydrogen-bond donors (Lipinski definition) is 3. The van der Waals surface area contributed by atoms with Gasteiger partial charge in [0.25, 0.3) is 0 Å². The molecule has 1 heterocycles. The number of rotatable bonds is 6. The molecule has 0 saturated carbocycles. The lowest BCUT2D eigenvalue weighted by Gasteiger charge is -2.10. The van der Waals surface area contributed by atoms with Gasteiger partial charge in [0.1, 0.15) is 5.01 Å². The van der Waals surface area contributed by atoms with Gasteiger partial charge in [-0.2, -0.15) is 0 Å². The zero-order valence-corrected chi connectivity index (χ0v) is 18.0. The minimum Gasteiger partial charge on any atom is -0.357 e. The first kappa shape index (κ1) is 21.8. The Morgan fingerprint density at radius 3 is 2.48 bits per heavy atom. The second-order valence-electron chi connectivity index (χ2n) is 5.10. The highest BCUT2D eigenvalue weighted by atomic mass is 127. The molecule has 7 nitrogen and oxygen atoms in total. The number of aryl methyl sites for hydroxylation is 1. The minimum absolute atomic E-state index is 0. The zero-order valence-electron chi connectivity index (χ0n) is 14.0. The number of halogens is 1. The van der Waals surface area contributed by atoms with Crippen molar-refractivity contribution in [3.05, 3.63) is 45.9 Å². The SMILES string of the molecule is CCNC(=NCc1ccc(S(N)(=O)=O)cc1)NCc1ncc(C)s1.I. The van der Waals surface area contributed by atoms with E-state index < -0.39 is 10.0 Å². The molecule has 2 aromatic rings. The van der Waals surface area contributed by atoms with E-state index in [1.807, 2.05) is 20.0 Å². The summed E-state index contributed by atoms with van der Waals surface area (Å²) in [7, 11) is -3.66. The normalized spacial score (nSPS) is 11.7. The van der Waals surface area contributed by atoms with Gasteiger partial charge in [-0.05, 0) is 31.5 Å². The van der Waals surface area contributed by atoms with Crippen molar-refractivity contribution < 1.29 is 8.42 Å². The second-order valence-corrected chi connectivity index (χ2v) is 7.98. The molecule has 0 aliphatic heterocycles. The quantitative estimate of drug-likeness (QED) is 0.323. The number of guanidine groups is 1. The summed E-state index contributed by atoms with van der Waals surface area (Å²) in [5, 5.41) is 12.5. The summed E-state index contributed by atoms with van der Waals surface area (Å²) in [5.41, 5.74) is 0.893. The lowest BCUT2D eigenvalue weighted by atomic mass is 10.2. The van der Waals surface area contributed by atoms with Crippen molar-refractivity contribution in [2.75, 3.05) is 6.54 Å². The van der Waals surface area contributed by atoms with E-state index in [9.17, 15) is 8.42 Å². The van der Waals surface area contributed by atoms with Gasteiger partial charge < -0.3 is 10.6 Å². The Morgan fingerprint density at radius 1 is 1.28 bits per heavy atom. The zero-order chi connectivity index (χ0) is 17.6. The van der Waals surface area contributed by atoms with Crippen LogP contribution in [0, 0.1) is 6.92 Å². The molecule has 1 aromatic heterocycles. The second kappa shape index (κ2) is 10.0. The molecule has 138 valence electrons. The van der Waals surface area contributed by atoms with Crippen LogP contribution in [0.15, 0.2) is 40.4 Å². The lowest BCUT2D eigenvalue weighted by Crippen LogP contribution is -2.36. The van der Waals surface area contributed by atoms with E-state index >= 15 is 0 Å². The fourth-order valence-corrected chi connectivity index (χ4v) is 3.18. The number of sulfonamides is 1. The van der Waals surface area contributed by atoms with Crippen LogP contribution in [-0.2, 0) is 23.1 Å². The molecule has 10 heteroatoms. The molecule has 0 saturated heterocycles. The highest BCUT2D eigenvalue weighted by Crippen LogP contribution is 2.11. The highest BCUT2D eigenvalue weighted by Gasteiger charge is 2.07. The van der Waals surface area contributed by atoms with E-state index in [0.29, 0.717) is 19.0 Å². The lowest BCUT2D eigenvalue weighted by molar-refractivity contribution is 0.598. The Kier molecular flexibility index (Phi) is 8.76. The third kappa shape index (κ3) is 7.26. The van der Waals surface area contributed by atoms with Gasteiger partial charge in [0, 0.05) is 17.6 Å². The van der Waals surface area contributed by atoms with Gasteiger partial charge in [0.2, 0.25) is 10.0 Å². The fourth-order valence-electron chi connectivity index (χ4n) is 1.94. The molecule has 0 aliphatic rings. The topological polar surface area (TPSA) is 109 Å². The van der Waals surface area contributed by atoms with Gasteiger partial charge in [-0.15, -0.1) is 35.3 Å². The molecule has 0 aliphatic carbocycles. The first-order valence-corrected chi connectivity index (χ1v) is 9.80. The van der Waals surface area contributed by atoms with Crippen molar-refractivity contribution in [2.45, 2.75) is 31.8 Å². The van der Waals surface area contributed by atoms with Crippen LogP contribution in [-0.4, -0.2) is 25.9 Å². The van der Waals surface area contributed by atoms with Crippen molar-refractivity contribution in [3.63, 3.8) is 0 Å². The standard InChI is InChI=1S/C15H21N5O2S2.HI/c1-3-17-15(20-10-14-18-8-11(2)23-14)19-9-12-4-6-13(7-5-12)24(16,21)22;/h4-8H,3,9-10H2,1-2H3,(H2,16,21,22)(H2,17,19,20);1H. The molecule has 0 amide bonds. The van der Waals surface area contributed by atoms with Crippen LogP contribution in [0.4, 0.5) is 0 Å². The number of benzene rings is 1. The van der Waals surface area contributed by atoms with E-state index in [1.54, 1.807) is 23.5 Å². The van der Waals surface area contributed by atoms with Crippen LogP contribution >= 0.6 is 35.3 Å². The van der Waals surface area contributed by atoms with Crippen LogP contribution in [0.5, 0.6) is 0 Å². The molecule has 0 radical (unpaired) electrons. The predicted molar refractivity (Wildman–Crippen MR) is 112 cm³/mol. The first-order valence-electron chi connectivity index (χ1n) is 7.43. The van der Waals surface area contributed by atoms with Crippen molar-refractivity contribution in [2.24, 2.45) is 10.1 Å². The van der Waals surface area contributed by atoms with Crippen LogP contribution in [0.25, 0.3) is 0 Å². The van der Waals surface area contributed by atoms with E-state index in [2.05, 4.69) is 20.6 Å². The molecule has 0 bridgehead atoms. The minimum atomic E-state index is -3.66. The monoisotopic (exact) mass is 495 g/mol. The number of thiazole rings is 1. The molecular weight excluding hydrogens is 473 g/mol. The Hall–Kier alpha value is -1.24. The van der Waals surface area contributed by atoms with Gasteiger partial charge in [-0.1, -0.05) is 12.1 Å². The maximum absolute atomic E-state index is 11.2. The summed E-state index contributed by atoms with van der Waals surface area (Å²) < 4.78 is 22.5. The average Bonchev–Trinajstić information content (AvgIpc) is 2.95. The molecule has 25 heavy (non-hydrogen) atoms. The number of nitrogens with one attached hydrogen (secondary N) is 2. The van der Waals surface area contributed by atoms with Crippen LogP contribution in [0.3, 0.4) is 0 Å². The third-order valence-corrected chi connectivity index (χ3v) is 4.93. The summed E-state index contributed by atoms with van der Waals surface area (Å²) >= 11 is 1.64. The van der Waals surface area contributed by atoms with Crippen LogP contribution < -0.4 is 15.8 Å². The van der Waals surface area contributed by atoms with Crippen molar-refractivity contribution in [1.82, 2.24) is 15.6 Å². The number of aromatic nitrogens is 1. The van der Waals surface area contributed by atoms with Gasteiger partial charge >= 0.3 is 0 Å². The summed E-state index contributed by atoms with van der Waals surface area (Å²) in [6.07, 6.45) is 1.85. The molecular formula is C15H22IN5O2S2. The largest absolute Gasteiger partial charge is 0.357 e. The van der Waals surface area contributed by atoms with E-state index in [0.717, 1.165) is 17.1 Å². The van der Waals surface area contributed by atoms with Crippen molar-refractivity contribution in [1.29, 1.82) is 0 Å². The third-order valence-electron chi connectivity index (χ3n) is 3.09. The summed E-state index contributed by atoms with van der Waals surface area (Å²) in [4.78, 5) is 10.1. The number of hydrogen-bond acceptors (Lipinski definition) is 5. The van der Waals surface area contributed by atoms with E-state index in [-0.39, 0.29) is 28.9 Å². The number of nitrogens with two attached hydrogens (primary N) is 1. The molecule has 1 aromatic carbocycles. The summed E-state index contributed by atoms with van der Waals surface area (Å²) in [6, 6.07) is 6.38. The fraction of sp³-hybridized carbons (Fsp3) is 0.333. The Balaban J connectivity index is 0.00000312. The number of nitrogens with zero attached hydrogens (tertiary/aromatic N) is 2. The van der Waals surface area contributed by atoms with Crippen molar-refractivity contribution in [3.8, 4) is 0 Å². The predicted octanol–water partition coefficient (Wildman–Crippen LogP) is 1.97. The summed E-state index contributed by atoms with van der Waals surface area (Å²) in [6.45, 7) is 5.79. The Bertz CT molecular complexity index is 804. The van der Waals surface area contributed by atoms with E-state index in [4.69, 9.17) is 5.14 Å². The average molecular weight is 495 g/mol. The van der Waals surface area contributed by atoms with Gasteiger partial charge in [0.15, 0.2) is 5.96 Å². The van der Waals surface area contributed by atoms with Gasteiger partial charge in [-0.25, -0.2) is 23.5 Å². The molecule has 0 atom stereocenters. The molecule has 0 fully saturated rings. The smallest absolute Gasteiger partial charge is 0.238 e. The maximum atomic E-state index is 11.2. The van der Waals surface area contributed by atoms with Gasteiger partial charge in [-0.3, -0.25) is 0 Å². The van der Waals surface area contributed by atoms with Crippen LogP contribution in [0.1, 0.15) is 22.4 Å².